The zero-order chi connectivity index (χ0) is 18.2. The van der Waals surface area contributed by atoms with Crippen molar-refractivity contribution < 1.29 is 19.6 Å². The van der Waals surface area contributed by atoms with Gasteiger partial charge in [0.05, 0.1) is 28.8 Å². The molecule has 0 unspecified atom stereocenters. The highest BCUT2D eigenvalue weighted by Crippen LogP contribution is 2.15. The Balaban J connectivity index is 1.88. The van der Waals surface area contributed by atoms with Gasteiger partial charge in [0.2, 0.25) is 0 Å². The van der Waals surface area contributed by atoms with Crippen LogP contribution in [0.15, 0.2) is 53.6 Å². The van der Waals surface area contributed by atoms with Gasteiger partial charge in [0, 0.05) is 6.07 Å². The van der Waals surface area contributed by atoms with Crippen LogP contribution in [0.5, 0.6) is 5.75 Å². The van der Waals surface area contributed by atoms with Crippen molar-refractivity contribution >= 4 is 23.7 Å². The summed E-state index contributed by atoms with van der Waals surface area (Å²) in [6, 6.07) is 11.8. The first-order chi connectivity index (χ1) is 12.0. The number of phenolic OH excluding ortho intramolecular Hbond substituents is 1. The molecule has 3 N–H and O–H groups in total. The van der Waals surface area contributed by atoms with Crippen LogP contribution in [0.4, 0.5) is 5.69 Å². The number of nitrogens with one attached hydrogen (secondary N) is 2. The number of hydrogen-bond donors (Lipinski definition) is 3. The van der Waals surface area contributed by atoms with Crippen molar-refractivity contribution in [1.82, 2.24) is 10.7 Å². The van der Waals surface area contributed by atoms with Gasteiger partial charge in [-0.25, -0.2) is 5.43 Å². The second-order valence-electron chi connectivity index (χ2n) is 4.81. The Labute approximate surface area is 142 Å². The fourth-order valence-electron chi connectivity index (χ4n) is 1.90. The van der Waals surface area contributed by atoms with Gasteiger partial charge in [-0.2, -0.15) is 5.10 Å². The number of nitro groups is 1. The minimum absolute atomic E-state index is 0.0405. The molecule has 2 rings (SSSR count). The monoisotopic (exact) mass is 342 g/mol. The van der Waals surface area contributed by atoms with Gasteiger partial charge in [-0.1, -0.05) is 24.3 Å². The Morgan fingerprint density at radius 2 is 1.84 bits per heavy atom. The number of hydrogen-bond acceptors (Lipinski definition) is 6. The maximum atomic E-state index is 11.8. The molecule has 9 heteroatoms. The molecular weight excluding hydrogens is 328 g/mol. The molecule has 0 aromatic heterocycles. The summed E-state index contributed by atoms with van der Waals surface area (Å²) in [4.78, 5) is 33.7. The van der Waals surface area contributed by atoms with E-state index in [2.05, 4.69) is 15.8 Å². The highest BCUT2D eigenvalue weighted by molar-refractivity contribution is 5.98. The van der Waals surface area contributed by atoms with E-state index in [0.717, 1.165) is 6.21 Å². The van der Waals surface area contributed by atoms with Gasteiger partial charge in [-0.3, -0.25) is 19.7 Å². The van der Waals surface area contributed by atoms with E-state index >= 15 is 0 Å². The van der Waals surface area contributed by atoms with Crippen LogP contribution >= 0.6 is 0 Å². The van der Waals surface area contributed by atoms with E-state index in [0.29, 0.717) is 0 Å². The third-order valence-corrected chi connectivity index (χ3v) is 3.08. The van der Waals surface area contributed by atoms with E-state index in [1.807, 2.05) is 0 Å². The predicted molar refractivity (Wildman–Crippen MR) is 89.3 cm³/mol. The number of rotatable bonds is 6. The molecule has 2 amide bonds. The average Bonchev–Trinajstić information content (AvgIpc) is 2.60. The number of nitro benzene ring substituents is 1. The maximum Gasteiger partial charge on any atom is 0.278 e. The van der Waals surface area contributed by atoms with Crippen LogP contribution in [0, 0.1) is 10.1 Å². The normalized spacial score (nSPS) is 10.4. The second kappa shape index (κ2) is 8.20. The molecule has 128 valence electrons. The van der Waals surface area contributed by atoms with Crippen molar-refractivity contribution in [2.75, 3.05) is 6.54 Å². The Bertz CT molecular complexity index is 835. The second-order valence-corrected chi connectivity index (χ2v) is 4.81. The third kappa shape index (κ3) is 4.86. The first kappa shape index (κ1) is 17.6. The zero-order valence-electron chi connectivity index (χ0n) is 12.9. The number of benzene rings is 2. The molecule has 0 aliphatic heterocycles. The molecule has 0 aliphatic carbocycles. The van der Waals surface area contributed by atoms with Crippen molar-refractivity contribution in [3.63, 3.8) is 0 Å². The smallest absolute Gasteiger partial charge is 0.278 e. The molecule has 0 aliphatic rings. The van der Waals surface area contributed by atoms with Gasteiger partial charge in [-0.15, -0.1) is 0 Å². The molecule has 0 saturated heterocycles. The minimum atomic E-state index is -0.626. The lowest BCUT2D eigenvalue weighted by molar-refractivity contribution is -0.385. The maximum absolute atomic E-state index is 11.8. The van der Waals surface area contributed by atoms with Crippen molar-refractivity contribution in [3.05, 3.63) is 69.8 Å². The Morgan fingerprint density at radius 1 is 1.16 bits per heavy atom. The Kier molecular flexibility index (Phi) is 5.77. The predicted octanol–water partition coefficient (Wildman–Crippen LogP) is 1.18. The van der Waals surface area contributed by atoms with E-state index in [1.54, 1.807) is 18.2 Å². The van der Waals surface area contributed by atoms with Gasteiger partial charge in [0.25, 0.3) is 17.5 Å². The summed E-state index contributed by atoms with van der Waals surface area (Å²) in [6.45, 7) is -0.374. The molecule has 0 spiro atoms. The lowest BCUT2D eigenvalue weighted by atomic mass is 10.2. The van der Waals surface area contributed by atoms with Crippen molar-refractivity contribution in [3.8, 4) is 5.75 Å². The number of carbonyl (C=O) groups is 2. The summed E-state index contributed by atoms with van der Waals surface area (Å²) >= 11 is 0. The SMILES string of the molecule is O=C(CNC(=O)c1ccccc1O)N/N=C\c1ccccc1[N+](=O)[O-]. The van der Waals surface area contributed by atoms with Crippen LogP contribution in [-0.4, -0.2) is 34.6 Å². The minimum Gasteiger partial charge on any atom is -0.507 e. The van der Waals surface area contributed by atoms with Gasteiger partial charge >= 0.3 is 0 Å². The quantitative estimate of drug-likeness (QED) is 0.412. The first-order valence-corrected chi connectivity index (χ1v) is 7.10. The van der Waals surface area contributed by atoms with E-state index in [1.165, 1.54) is 30.3 Å². The number of aromatic hydroxyl groups is 1. The lowest BCUT2D eigenvalue weighted by Crippen LogP contribution is -2.34. The summed E-state index contributed by atoms with van der Waals surface area (Å²) in [5, 5.41) is 26.3. The highest BCUT2D eigenvalue weighted by Gasteiger charge is 2.12. The molecule has 0 heterocycles. The molecule has 2 aromatic rings. The number of amides is 2. The molecule has 0 saturated carbocycles. The molecular formula is C16H14N4O5. The van der Waals surface area contributed by atoms with Gasteiger partial charge in [0.1, 0.15) is 5.75 Å². The molecule has 0 atom stereocenters. The van der Waals surface area contributed by atoms with E-state index in [9.17, 15) is 24.8 Å². The third-order valence-electron chi connectivity index (χ3n) is 3.08. The van der Waals surface area contributed by atoms with E-state index in [-0.39, 0.29) is 29.1 Å². The molecule has 2 aromatic carbocycles. The van der Waals surface area contributed by atoms with Gasteiger partial charge in [0.15, 0.2) is 0 Å². The van der Waals surface area contributed by atoms with Gasteiger partial charge < -0.3 is 10.4 Å². The number of nitrogens with zero attached hydrogens (tertiary/aromatic N) is 2. The molecule has 0 radical (unpaired) electrons. The number of hydrazone groups is 1. The largest absolute Gasteiger partial charge is 0.507 e. The first-order valence-electron chi connectivity index (χ1n) is 7.10. The fraction of sp³-hybridized carbons (Fsp3) is 0.0625. The Hall–Kier alpha value is -3.75. The number of phenols is 1. The van der Waals surface area contributed by atoms with E-state index < -0.39 is 16.7 Å². The lowest BCUT2D eigenvalue weighted by Gasteiger charge is -2.05. The van der Waals surface area contributed by atoms with E-state index in [4.69, 9.17) is 0 Å². The zero-order valence-corrected chi connectivity index (χ0v) is 12.9. The number of para-hydroxylation sites is 2. The van der Waals surface area contributed by atoms with Crippen molar-refractivity contribution in [2.45, 2.75) is 0 Å². The van der Waals surface area contributed by atoms with Crippen LogP contribution in [0.25, 0.3) is 0 Å². The van der Waals surface area contributed by atoms with Crippen molar-refractivity contribution in [1.29, 1.82) is 0 Å². The van der Waals surface area contributed by atoms with Crippen LogP contribution in [0.2, 0.25) is 0 Å². The van der Waals surface area contributed by atoms with Crippen LogP contribution in [0.1, 0.15) is 15.9 Å². The summed E-state index contributed by atoms with van der Waals surface area (Å²) in [6.07, 6.45) is 1.14. The average molecular weight is 342 g/mol. The molecule has 9 nitrogen and oxygen atoms in total. The van der Waals surface area contributed by atoms with Crippen LogP contribution < -0.4 is 10.7 Å². The van der Waals surface area contributed by atoms with Crippen molar-refractivity contribution in [2.24, 2.45) is 5.10 Å². The summed E-state index contributed by atoms with van der Waals surface area (Å²) in [7, 11) is 0. The van der Waals surface area contributed by atoms with Crippen LogP contribution in [0.3, 0.4) is 0 Å². The molecule has 25 heavy (non-hydrogen) atoms. The fourth-order valence-corrected chi connectivity index (χ4v) is 1.90. The Morgan fingerprint density at radius 3 is 2.56 bits per heavy atom. The van der Waals surface area contributed by atoms with Gasteiger partial charge in [-0.05, 0) is 18.2 Å². The summed E-state index contributed by atoms with van der Waals surface area (Å²) in [5.74, 6) is -1.44. The highest BCUT2D eigenvalue weighted by atomic mass is 16.6. The number of carbonyl (C=O) groups excluding carboxylic acids is 2. The van der Waals surface area contributed by atoms with Crippen LogP contribution in [-0.2, 0) is 4.79 Å². The molecule has 0 bridgehead atoms. The topological polar surface area (TPSA) is 134 Å². The summed E-state index contributed by atoms with van der Waals surface area (Å²) in [5.41, 5.74) is 2.27. The standard InChI is InChI=1S/C16H14N4O5/c21-14-8-4-2-6-12(14)16(23)17-10-15(22)19-18-9-11-5-1-3-7-13(11)20(24)25/h1-9,21H,10H2,(H,17,23)(H,19,22)/b18-9-. The molecule has 0 fully saturated rings. The summed E-state index contributed by atoms with van der Waals surface area (Å²) < 4.78 is 0.